The lowest BCUT2D eigenvalue weighted by molar-refractivity contribution is -0.130. The van der Waals surface area contributed by atoms with E-state index in [-0.39, 0.29) is 23.7 Å². The van der Waals surface area contributed by atoms with Crippen LogP contribution in [-0.4, -0.2) is 67.4 Å². The lowest BCUT2D eigenvalue weighted by Gasteiger charge is -2.27. The first-order valence-corrected chi connectivity index (χ1v) is 9.59. The van der Waals surface area contributed by atoms with E-state index in [1.165, 1.54) is 0 Å². The van der Waals surface area contributed by atoms with Gasteiger partial charge in [0, 0.05) is 51.8 Å². The lowest BCUT2D eigenvalue weighted by Crippen LogP contribution is -2.43. The van der Waals surface area contributed by atoms with Gasteiger partial charge in [-0.15, -0.1) is 0 Å². The van der Waals surface area contributed by atoms with Crippen molar-refractivity contribution in [1.82, 2.24) is 29.9 Å². The van der Waals surface area contributed by atoms with Crippen molar-refractivity contribution in [2.45, 2.75) is 46.1 Å². The zero-order valence-corrected chi connectivity index (χ0v) is 16.5. The second-order valence-electron chi connectivity index (χ2n) is 7.43. The van der Waals surface area contributed by atoms with Gasteiger partial charge in [0.05, 0.1) is 6.04 Å². The lowest BCUT2D eigenvalue weighted by atomic mass is 10.1. The van der Waals surface area contributed by atoms with Crippen LogP contribution in [0.2, 0.25) is 0 Å². The second kappa shape index (κ2) is 8.90. The van der Waals surface area contributed by atoms with E-state index >= 15 is 0 Å². The molecule has 1 saturated heterocycles. The summed E-state index contributed by atoms with van der Waals surface area (Å²) in [6.07, 6.45) is 5.09. The minimum absolute atomic E-state index is 0.0267. The number of carbonyl (C=O) groups excluding carboxylic acids is 2. The molecule has 2 aromatic heterocycles. The number of carbonyl (C=O) groups is 2. The largest absolute Gasteiger partial charge is 0.339 e. The molecule has 0 aromatic carbocycles. The third-order valence-corrected chi connectivity index (χ3v) is 4.72. The summed E-state index contributed by atoms with van der Waals surface area (Å²) in [4.78, 5) is 40.6. The van der Waals surface area contributed by atoms with Crippen LogP contribution < -0.4 is 0 Å². The summed E-state index contributed by atoms with van der Waals surface area (Å²) in [6.45, 7) is 7.27. The van der Waals surface area contributed by atoms with E-state index in [9.17, 15) is 9.59 Å². The molecule has 9 heteroatoms. The van der Waals surface area contributed by atoms with E-state index in [2.05, 4.69) is 34.0 Å². The topological polar surface area (TPSA) is 105 Å². The van der Waals surface area contributed by atoms with Gasteiger partial charge in [-0.2, -0.15) is 4.98 Å². The Morgan fingerprint density at radius 2 is 2.07 bits per heavy atom. The maximum atomic E-state index is 12.5. The molecule has 0 spiro atoms. The standard InChI is InChI=1S/C19H26N6O3/c1-13(2)11-17-22-16(23-28-17)6-10-25(14(3)26)15-5-9-24(12-15)19(27)18-20-7-4-8-21-18/h4,7-8,13,15H,5-6,9-12H2,1-3H3. The molecule has 3 heterocycles. The van der Waals surface area contributed by atoms with Crippen LogP contribution in [-0.2, 0) is 17.6 Å². The molecule has 9 nitrogen and oxygen atoms in total. The smallest absolute Gasteiger partial charge is 0.291 e. The number of amides is 2. The average molecular weight is 386 g/mol. The van der Waals surface area contributed by atoms with E-state index in [1.54, 1.807) is 35.2 Å². The Morgan fingerprint density at radius 3 is 2.75 bits per heavy atom. The van der Waals surface area contributed by atoms with Gasteiger partial charge in [0.2, 0.25) is 17.6 Å². The van der Waals surface area contributed by atoms with Crippen molar-refractivity contribution in [2.75, 3.05) is 19.6 Å². The molecule has 1 fully saturated rings. The van der Waals surface area contributed by atoms with Crippen LogP contribution in [0.5, 0.6) is 0 Å². The van der Waals surface area contributed by atoms with Crippen molar-refractivity contribution in [2.24, 2.45) is 5.92 Å². The fraction of sp³-hybridized carbons (Fsp3) is 0.579. The average Bonchev–Trinajstić information content (AvgIpc) is 3.31. The number of nitrogens with zero attached hydrogens (tertiary/aromatic N) is 6. The summed E-state index contributed by atoms with van der Waals surface area (Å²) in [7, 11) is 0. The summed E-state index contributed by atoms with van der Waals surface area (Å²) in [6, 6.07) is 1.64. The fourth-order valence-corrected chi connectivity index (χ4v) is 3.37. The Labute approximate surface area is 164 Å². The van der Waals surface area contributed by atoms with Gasteiger partial charge in [0.25, 0.3) is 5.91 Å². The minimum Gasteiger partial charge on any atom is -0.339 e. The van der Waals surface area contributed by atoms with Crippen molar-refractivity contribution in [3.8, 4) is 0 Å². The van der Waals surface area contributed by atoms with Crippen LogP contribution >= 0.6 is 0 Å². The van der Waals surface area contributed by atoms with Crippen LogP contribution in [0.4, 0.5) is 0 Å². The highest BCUT2D eigenvalue weighted by Crippen LogP contribution is 2.18. The number of rotatable bonds is 7. The SMILES string of the molecule is CC(=O)N(CCc1noc(CC(C)C)n1)C1CCN(C(=O)c2ncccn2)C1. The van der Waals surface area contributed by atoms with E-state index < -0.39 is 0 Å². The normalized spacial score (nSPS) is 16.6. The fourth-order valence-electron chi connectivity index (χ4n) is 3.37. The van der Waals surface area contributed by atoms with Crippen molar-refractivity contribution in [3.05, 3.63) is 36.0 Å². The maximum absolute atomic E-state index is 12.5. The zero-order valence-electron chi connectivity index (χ0n) is 16.5. The molecule has 0 saturated carbocycles. The first-order chi connectivity index (χ1) is 13.4. The number of aromatic nitrogens is 4. The molecule has 3 rings (SSSR count). The Hall–Kier alpha value is -2.84. The Balaban J connectivity index is 1.58. The molecule has 0 N–H and O–H groups in total. The maximum Gasteiger partial charge on any atom is 0.291 e. The molecule has 1 aliphatic rings. The number of likely N-dealkylation sites (tertiary alicyclic amines) is 1. The molecule has 1 aliphatic heterocycles. The summed E-state index contributed by atoms with van der Waals surface area (Å²) in [5, 5.41) is 4.00. The van der Waals surface area contributed by atoms with Crippen molar-refractivity contribution in [1.29, 1.82) is 0 Å². The zero-order chi connectivity index (χ0) is 20.1. The van der Waals surface area contributed by atoms with Crippen LogP contribution in [0.25, 0.3) is 0 Å². The van der Waals surface area contributed by atoms with Gasteiger partial charge >= 0.3 is 0 Å². The summed E-state index contributed by atoms with van der Waals surface area (Å²) in [5.74, 6) is 1.62. The van der Waals surface area contributed by atoms with Crippen LogP contribution in [0.3, 0.4) is 0 Å². The molecular formula is C19H26N6O3. The third kappa shape index (κ3) is 4.90. The van der Waals surface area contributed by atoms with E-state index in [0.717, 1.165) is 12.8 Å². The van der Waals surface area contributed by atoms with Crippen molar-refractivity contribution < 1.29 is 14.1 Å². The van der Waals surface area contributed by atoms with Gasteiger partial charge in [-0.1, -0.05) is 19.0 Å². The molecule has 1 unspecified atom stereocenters. The Morgan fingerprint density at radius 1 is 1.32 bits per heavy atom. The molecule has 28 heavy (non-hydrogen) atoms. The highest BCUT2D eigenvalue weighted by Gasteiger charge is 2.33. The van der Waals surface area contributed by atoms with Crippen LogP contribution in [0.1, 0.15) is 49.5 Å². The van der Waals surface area contributed by atoms with E-state index in [0.29, 0.717) is 43.7 Å². The quantitative estimate of drug-likeness (QED) is 0.707. The first-order valence-electron chi connectivity index (χ1n) is 9.59. The van der Waals surface area contributed by atoms with Crippen LogP contribution in [0, 0.1) is 5.92 Å². The van der Waals surface area contributed by atoms with Gasteiger partial charge in [-0.3, -0.25) is 9.59 Å². The third-order valence-electron chi connectivity index (χ3n) is 4.72. The van der Waals surface area contributed by atoms with Crippen LogP contribution in [0.15, 0.2) is 23.0 Å². The van der Waals surface area contributed by atoms with E-state index in [4.69, 9.17) is 4.52 Å². The number of hydrogen-bond acceptors (Lipinski definition) is 7. The van der Waals surface area contributed by atoms with Crippen molar-refractivity contribution in [3.63, 3.8) is 0 Å². The Kier molecular flexibility index (Phi) is 6.33. The molecule has 0 aliphatic carbocycles. The van der Waals surface area contributed by atoms with Gasteiger partial charge < -0.3 is 14.3 Å². The van der Waals surface area contributed by atoms with Crippen molar-refractivity contribution >= 4 is 11.8 Å². The summed E-state index contributed by atoms with van der Waals surface area (Å²) < 4.78 is 5.26. The first kappa shape index (κ1) is 19.9. The monoisotopic (exact) mass is 386 g/mol. The predicted octanol–water partition coefficient (Wildman–Crippen LogP) is 1.36. The summed E-state index contributed by atoms with van der Waals surface area (Å²) >= 11 is 0. The second-order valence-corrected chi connectivity index (χ2v) is 7.43. The minimum atomic E-state index is -0.205. The molecule has 2 amide bonds. The molecule has 0 radical (unpaired) electrons. The van der Waals surface area contributed by atoms with Gasteiger partial charge in [0.15, 0.2) is 5.82 Å². The van der Waals surface area contributed by atoms with E-state index in [1.807, 2.05) is 0 Å². The van der Waals surface area contributed by atoms with Gasteiger partial charge in [-0.05, 0) is 18.4 Å². The van der Waals surface area contributed by atoms with Gasteiger partial charge in [0.1, 0.15) is 0 Å². The molecular weight excluding hydrogens is 360 g/mol. The summed E-state index contributed by atoms with van der Waals surface area (Å²) in [5.41, 5.74) is 0. The predicted molar refractivity (Wildman–Crippen MR) is 100 cm³/mol. The molecule has 0 bridgehead atoms. The molecule has 1 atom stereocenters. The highest BCUT2D eigenvalue weighted by molar-refractivity contribution is 5.90. The highest BCUT2D eigenvalue weighted by atomic mass is 16.5. The Bertz CT molecular complexity index is 807. The molecule has 2 aromatic rings. The molecule has 150 valence electrons. The number of hydrogen-bond donors (Lipinski definition) is 0. The van der Waals surface area contributed by atoms with Gasteiger partial charge in [-0.25, -0.2) is 9.97 Å².